The molecule has 0 bridgehead atoms. The molecule has 1 amide bonds. The Morgan fingerprint density at radius 3 is 2.59 bits per heavy atom. The molecule has 2 aromatic rings. The Kier molecular flexibility index (Phi) is 5.12. The summed E-state index contributed by atoms with van der Waals surface area (Å²) in [7, 11) is -2.00. The lowest BCUT2D eigenvalue weighted by Gasteiger charge is -2.16. The second-order valence-electron chi connectivity index (χ2n) is 7.58. The van der Waals surface area contributed by atoms with E-state index in [1.165, 1.54) is 12.1 Å². The van der Waals surface area contributed by atoms with Crippen LogP contribution in [-0.4, -0.2) is 38.7 Å². The van der Waals surface area contributed by atoms with Crippen molar-refractivity contribution in [1.82, 2.24) is 4.90 Å². The zero-order chi connectivity index (χ0) is 20.6. The summed E-state index contributed by atoms with van der Waals surface area (Å²) in [4.78, 5) is 14.9. The Morgan fingerprint density at radius 1 is 1.17 bits per heavy atom. The van der Waals surface area contributed by atoms with Gasteiger partial charge in [-0.25, -0.2) is 0 Å². The molecule has 1 N–H and O–H groups in total. The van der Waals surface area contributed by atoms with Crippen LogP contribution in [0.25, 0.3) is 0 Å². The fraction of sp³-hybridized carbons (Fsp3) is 0.333. The average molecular weight is 432 g/mol. The molecule has 1 saturated heterocycles. The molecule has 6 nitrogen and oxygen atoms in total. The van der Waals surface area contributed by atoms with E-state index in [1.54, 1.807) is 18.2 Å². The highest BCUT2D eigenvalue weighted by Crippen LogP contribution is 2.49. The quantitative estimate of drug-likeness (QED) is 0.780. The minimum Gasteiger partial charge on any atom is -0.362 e. The number of hydrogen-bond donors (Lipinski definition) is 1. The molecular weight excluding hydrogens is 410 g/mol. The molecular formula is C21H22ClN3O3S. The second-order valence-corrected chi connectivity index (χ2v) is 9.62. The lowest BCUT2D eigenvalue weighted by molar-refractivity contribution is -0.118. The first kappa shape index (κ1) is 19.9. The minimum atomic E-state index is -3.83. The molecule has 1 heterocycles. The number of amides is 1. The molecule has 8 heteroatoms. The van der Waals surface area contributed by atoms with Crippen molar-refractivity contribution in [3.05, 3.63) is 59.1 Å². The van der Waals surface area contributed by atoms with Gasteiger partial charge in [0.05, 0.1) is 10.3 Å². The van der Waals surface area contributed by atoms with Crippen molar-refractivity contribution in [2.45, 2.75) is 36.0 Å². The average Bonchev–Trinajstić information content (AvgIpc) is 3.41. The zero-order valence-corrected chi connectivity index (χ0v) is 17.6. The molecule has 152 valence electrons. The molecule has 29 heavy (non-hydrogen) atoms. The molecule has 0 atom stereocenters. The van der Waals surface area contributed by atoms with Gasteiger partial charge in [0.25, 0.3) is 10.0 Å². The Hall–Kier alpha value is -2.38. The third-order valence-electron chi connectivity index (χ3n) is 5.51. The van der Waals surface area contributed by atoms with Gasteiger partial charge in [0, 0.05) is 30.7 Å². The number of benzene rings is 2. The van der Waals surface area contributed by atoms with Gasteiger partial charge in [0.1, 0.15) is 5.84 Å². The van der Waals surface area contributed by atoms with Crippen LogP contribution >= 0.6 is 11.6 Å². The molecule has 0 unspecified atom stereocenters. The SMILES string of the molecule is CN1CCC/C1=N\S(=O)(=O)c1cccc(NC(=O)C2(c3cccc(Cl)c3)CC2)c1. The van der Waals surface area contributed by atoms with E-state index in [0.29, 0.717) is 23.0 Å². The van der Waals surface area contributed by atoms with E-state index in [9.17, 15) is 13.2 Å². The first-order chi connectivity index (χ1) is 13.8. The van der Waals surface area contributed by atoms with Gasteiger partial charge in [0.15, 0.2) is 0 Å². The third kappa shape index (κ3) is 4.02. The summed E-state index contributed by atoms with van der Waals surface area (Å²) in [6.45, 7) is 0.802. The third-order valence-corrected chi connectivity index (χ3v) is 7.05. The van der Waals surface area contributed by atoms with Crippen LogP contribution in [0.15, 0.2) is 57.8 Å². The Labute approximate surface area is 175 Å². The van der Waals surface area contributed by atoms with Gasteiger partial charge >= 0.3 is 0 Å². The molecule has 2 aromatic carbocycles. The molecule has 1 saturated carbocycles. The van der Waals surface area contributed by atoms with E-state index in [2.05, 4.69) is 9.71 Å². The number of halogens is 1. The van der Waals surface area contributed by atoms with E-state index < -0.39 is 15.4 Å². The molecule has 1 aliphatic carbocycles. The van der Waals surface area contributed by atoms with Gasteiger partial charge in [-0.15, -0.1) is 4.40 Å². The van der Waals surface area contributed by atoms with Crippen LogP contribution in [0.5, 0.6) is 0 Å². The maximum Gasteiger partial charge on any atom is 0.284 e. The minimum absolute atomic E-state index is 0.0655. The van der Waals surface area contributed by atoms with Crippen LogP contribution in [0, 0.1) is 0 Å². The largest absolute Gasteiger partial charge is 0.362 e. The van der Waals surface area contributed by atoms with Crippen molar-refractivity contribution >= 4 is 39.1 Å². The Balaban J connectivity index is 1.56. The van der Waals surface area contributed by atoms with Crippen LogP contribution in [0.1, 0.15) is 31.2 Å². The van der Waals surface area contributed by atoms with Crippen LogP contribution < -0.4 is 5.32 Å². The summed E-state index contributed by atoms with van der Waals surface area (Å²) in [6, 6.07) is 13.6. The monoisotopic (exact) mass is 431 g/mol. The van der Waals surface area contributed by atoms with Crippen molar-refractivity contribution < 1.29 is 13.2 Å². The number of amidine groups is 1. The van der Waals surface area contributed by atoms with Crippen LogP contribution in [0.3, 0.4) is 0 Å². The maximum absolute atomic E-state index is 13.0. The number of carbonyl (C=O) groups is 1. The molecule has 2 fully saturated rings. The van der Waals surface area contributed by atoms with Gasteiger partial charge in [-0.05, 0) is 55.2 Å². The van der Waals surface area contributed by atoms with Crippen molar-refractivity contribution in [3.63, 3.8) is 0 Å². The lowest BCUT2D eigenvalue weighted by Crippen LogP contribution is -2.27. The second kappa shape index (κ2) is 7.46. The van der Waals surface area contributed by atoms with Gasteiger partial charge in [-0.1, -0.05) is 29.8 Å². The van der Waals surface area contributed by atoms with Gasteiger partial charge < -0.3 is 10.2 Å². The smallest absolute Gasteiger partial charge is 0.284 e. The summed E-state index contributed by atoms with van der Waals surface area (Å²) < 4.78 is 29.4. The number of rotatable bonds is 5. The number of likely N-dealkylation sites (tertiary alicyclic amines) is 1. The highest BCUT2D eigenvalue weighted by Gasteiger charge is 2.51. The standard InChI is InChI=1S/C21H22ClN3O3S/c1-25-12-4-9-19(25)24-29(27,28)18-8-3-7-17(14-18)23-20(26)21(10-11-21)15-5-2-6-16(22)13-15/h2-3,5-8,13-14H,4,9-12H2,1H3,(H,23,26)/b24-19+. The number of hydrogen-bond acceptors (Lipinski definition) is 3. The lowest BCUT2D eigenvalue weighted by atomic mass is 9.95. The van der Waals surface area contributed by atoms with Gasteiger partial charge in [-0.2, -0.15) is 8.42 Å². The predicted molar refractivity (Wildman–Crippen MR) is 114 cm³/mol. The highest BCUT2D eigenvalue weighted by atomic mass is 35.5. The van der Waals surface area contributed by atoms with Crippen molar-refractivity contribution in [1.29, 1.82) is 0 Å². The van der Waals surface area contributed by atoms with Crippen LogP contribution in [0.2, 0.25) is 5.02 Å². The summed E-state index contributed by atoms with van der Waals surface area (Å²) >= 11 is 6.08. The summed E-state index contributed by atoms with van der Waals surface area (Å²) in [5.41, 5.74) is 0.707. The van der Waals surface area contributed by atoms with E-state index in [-0.39, 0.29) is 10.8 Å². The summed E-state index contributed by atoms with van der Waals surface area (Å²) in [5, 5.41) is 3.46. The summed E-state index contributed by atoms with van der Waals surface area (Å²) in [6.07, 6.45) is 3.01. The van der Waals surface area contributed by atoms with Crippen LogP contribution in [0.4, 0.5) is 5.69 Å². The molecule has 4 rings (SSSR count). The molecule has 2 aliphatic rings. The number of nitrogens with one attached hydrogen (secondary N) is 1. The summed E-state index contributed by atoms with van der Waals surface area (Å²) in [5.74, 6) is 0.411. The molecule has 0 radical (unpaired) electrons. The van der Waals surface area contributed by atoms with Crippen molar-refractivity contribution in [2.24, 2.45) is 4.40 Å². The van der Waals surface area contributed by atoms with Crippen LogP contribution in [-0.2, 0) is 20.2 Å². The van der Waals surface area contributed by atoms with Gasteiger partial charge in [-0.3, -0.25) is 4.79 Å². The number of sulfonamides is 1. The number of carbonyl (C=O) groups excluding carboxylic acids is 1. The first-order valence-corrected chi connectivity index (χ1v) is 11.3. The predicted octanol–water partition coefficient (Wildman–Crippen LogP) is 3.82. The normalized spacial score (nSPS) is 19.4. The van der Waals surface area contributed by atoms with Crippen molar-refractivity contribution in [3.8, 4) is 0 Å². The maximum atomic E-state index is 13.0. The molecule has 0 spiro atoms. The Bertz CT molecular complexity index is 1090. The van der Waals surface area contributed by atoms with Gasteiger partial charge in [0.2, 0.25) is 5.91 Å². The van der Waals surface area contributed by atoms with Crippen molar-refractivity contribution in [2.75, 3.05) is 18.9 Å². The first-order valence-electron chi connectivity index (χ1n) is 9.53. The van der Waals surface area contributed by atoms with E-state index in [0.717, 1.165) is 31.4 Å². The highest BCUT2D eigenvalue weighted by molar-refractivity contribution is 7.90. The van der Waals surface area contributed by atoms with E-state index in [4.69, 9.17) is 11.6 Å². The zero-order valence-electron chi connectivity index (χ0n) is 16.1. The van der Waals surface area contributed by atoms with E-state index >= 15 is 0 Å². The number of anilines is 1. The topological polar surface area (TPSA) is 78.8 Å². The number of nitrogens with zero attached hydrogens (tertiary/aromatic N) is 2. The molecule has 1 aliphatic heterocycles. The van der Waals surface area contributed by atoms with E-state index in [1.807, 2.05) is 30.1 Å². The fourth-order valence-corrected chi connectivity index (χ4v) is 4.97. The Morgan fingerprint density at radius 2 is 1.93 bits per heavy atom. The fourth-order valence-electron chi connectivity index (χ4n) is 3.64. The molecule has 0 aromatic heterocycles.